The summed E-state index contributed by atoms with van der Waals surface area (Å²) in [6.45, 7) is 0.428. The van der Waals surface area contributed by atoms with Gasteiger partial charge in [-0.1, -0.05) is 0 Å². The highest BCUT2D eigenvalue weighted by molar-refractivity contribution is 5.31. The van der Waals surface area contributed by atoms with E-state index in [0.717, 1.165) is 4.57 Å². The molecule has 0 unspecified atom stereocenters. The molecule has 0 aromatic carbocycles. The summed E-state index contributed by atoms with van der Waals surface area (Å²) in [5.41, 5.74) is 4.69. The van der Waals surface area contributed by atoms with E-state index in [4.69, 9.17) is 15.6 Å². The van der Waals surface area contributed by atoms with Crippen molar-refractivity contribution in [2.45, 2.75) is 24.5 Å². The Hall–Kier alpha value is -1.52. The number of aromatic nitrogens is 2. The number of ether oxygens (including phenoxy) is 1. The van der Waals surface area contributed by atoms with Gasteiger partial charge in [-0.05, 0) is 6.07 Å². The smallest absolute Gasteiger partial charge is 0.351 e. The number of aliphatic hydroxyl groups excluding tert-OH is 3. The zero-order valence-electron chi connectivity index (χ0n) is 10.7. The van der Waals surface area contributed by atoms with Gasteiger partial charge < -0.3 is 31.1 Å². The Labute approximate surface area is 114 Å². The predicted molar refractivity (Wildman–Crippen MR) is 69.1 cm³/mol. The van der Waals surface area contributed by atoms with Crippen LogP contribution in [0.25, 0.3) is 0 Å². The molecule has 9 heteroatoms. The van der Waals surface area contributed by atoms with Crippen molar-refractivity contribution in [1.82, 2.24) is 9.55 Å². The summed E-state index contributed by atoms with van der Waals surface area (Å²) in [5, 5.41) is 31.4. The largest absolute Gasteiger partial charge is 0.394 e. The lowest BCUT2D eigenvalue weighted by Gasteiger charge is -2.17. The number of rotatable bonds is 5. The van der Waals surface area contributed by atoms with E-state index in [1.165, 1.54) is 12.3 Å². The van der Waals surface area contributed by atoms with Crippen molar-refractivity contribution in [2.75, 3.05) is 25.0 Å². The first-order chi connectivity index (χ1) is 9.58. The topological polar surface area (TPSA) is 143 Å². The molecule has 1 aliphatic heterocycles. The average Bonchev–Trinajstić information content (AvgIpc) is 2.73. The van der Waals surface area contributed by atoms with Crippen LogP contribution in [0.3, 0.4) is 0 Å². The van der Waals surface area contributed by atoms with Crippen molar-refractivity contribution < 1.29 is 20.1 Å². The molecule has 1 aromatic rings. The molecule has 4 atom stereocenters. The van der Waals surface area contributed by atoms with Gasteiger partial charge in [0.05, 0.1) is 6.61 Å². The summed E-state index contributed by atoms with van der Waals surface area (Å²) in [7, 11) is 0. The maximum atomic E-state index is 11.9. The number of aliphatic hydroxyl groups is 3. The molecule has 0 bridgehead atoms. The van der Waals surface area contributed by atoms with Gasteiger partial charge in [0, 0.05) is 19.3 Å². The zero-order valence-corrected chi connectivity index (χ0v) is 10.7. The van der Waals surface area contributed by atoms with E-state index in [2.05, 4.69) is 10.3 Å². The second-order valence-electron chi connectivity index (χ2n) is 4.45. The number of anilines is 1. The molecule has 2 heterocycles. The lowest BCUT2D eigenvalue weighted by molar-refractivity contribution is -0.0549. The van der Waals surface area contributed by atoms with Crippen molar-refractivity contribution in [1.29, 1.82) is 0 Å². The van der Waals surface area contributed by atoms with Crippen LogP contribution in [0.4, 0.5) is 5.82 Å². The molecule has 1 aromatic heterocycles. The Kier molecular flexibility index (Phi) is 4.68. The van der Waals surface area contributed by atoms with Gasteiger partial charge in [-0.2, -0.15) is 4.98 Å². The summed E-state index contributed by atoms with van der Waals surface area (Å²) >= 11 is 0. The first-order valence-electron chi connectivity index (χ1n) is 6.24. The minimum atomic E-state index is -1.31. The second kappa shape index (κ2) is 6.29. The van der Waals surface area contributed by atoms with Crippen LogP contribution in [-0.4, -0.2) is 62.9 Å². The van der Waals surface area contributed by atoms with Gasteiger partial charge in [0.2, 0.25) is 0 Å². The van der Waals surface area contributed by atoms with Crippen molar-refractivity contribution in [3.05, 3.63) is 22.7 Å². The fraction of sp³-hybridized carbons (Fsp3) is 0.636. The minimum absolute atomic E-state index is 0.364. The fourth-order valence-electron chi connectivity index (χ4n) is 2.01. The quantitative estimate of drug-likeness (QED) is 0.391. The van der Waals surface area contributed by atoms with Gasteiger partial charge in [0.1, 0.15) is 24.1 Å². The van der Waals surface area contributed by atoms with Crippen LogP contribution in [0.1, 0.15) is 6.23 Å². The van der Waals surface area contributed by atoms with Crippen LogP contribution in [0.2, 0.25) is 0 Å². The van der Waals surface area contributed by atoms with Gasteiger partial charge in [-0.15, -0.1) is 0 Å². The van der Waals surface area contributed by atoms with E-state index in [-0.39, 0.29) is 0 Å². The lowest BCUT2D eigenvalue weighted by atomic mass is 10.1. The number of hydrogen-bond donors (Lipinski definition) is 5. The summed E-state index contributed by atoms with van der Waals surface area (Å²) in [6, 6.07) is 1.53. The van der Waals surface area contributed by atoms with E-state index in [9.17, 15) is 15.0 Å². The van der Waals surface area contributed by atoms with Crippen molar-refractivity contribution in [2.24, 2.45) is 5.73 Å². The molecule has 0 saturated carbocycles. The summed E-state index contributed by atoms with van der Waals surface area (Å²) in [5.74, 6) is 0.364. The Morgan fingerprint density at radius 3 is 2.75 bits per heavy atom. The van der Waals surface area contributed by atoms with Crippen LogP contribution in [-0.2, 0) is 4.74 Å². The number of hydrogen-bond acceptors (Lipinski definition) is 8. The van der Waals surface area contributed by atoms with Crippen molar-refractivity contribution in [3.8, 4) is 0 Å². The van der Waals surface area contributed by atoms with Crippen LogP contribution in [0, 0.1) is 0 Å². The summed E-state index contributed by atoms with van der Waals surface area (Å²) < 4.78 is 6.32. The van der Waals surface area contributed by atoms with E-state index in [0.29, 0.717) is 18.9 Å². The van der Waals surface area contributed by atoms with Gasteiger partial charge in [0.15, 0.2) is 6.23 Å². The summed E-state index contributed by atoms with van der Waals surface area (Å²) in [4.78, 5) is 15.7. The first kappa shape index (κ1) is 14.9. The Morgan fingerprint density at radius 1 is 1.45 bits per heavy atom. The van der Waals surface area contributed by atoms with Crippen molar-refractivity contribution in [3.63, 3.8) is 0 Å². The molecule has 112 valence electrons. The molecule has 0 aliphatic carbocycles. The highest BCUT2D eigenvalue weighted by Gasteiger charge is 2.43. The molecular weight excluding hydrogens is 268 g/mol. The van der Waals surface area contributed by atoms with Crippen LogP contribution < -0.4 is 16.7 Å². The highest BCUT2D eigenvalue weighted by atomic mass is 16.6. The molecule has 0 radical (unpaired) electrons. The normalized spacial score (nSPS) is 29.6. The third-order valence-corrected chi connectivity index (χ3v) is 3.07. The first-order valence-corrected chi connectivity index (χ1v) is 6.24. The second-order valence-corrected chi connectivity index (χ2v) is 4.45. The Bertz CT molecular complexity index is 508. The van der Waals surface area contributed by atoms with Gasteiger partial charge in [0.25, 0.3) is 0 Å². The molecule has 6 N–H and O–H groups in total. The molecule has 0 spiro atoms. The van der Waals surface area contributed by atoms with E-state index < -0.39 is 36.8 Å². The van der Waals surface area contributed by atoms with E-state index >= 15 is 0 Å². The van der Waals surface area contributed by atoms with Crippen LogP contribution in [0.5, 0.6) is 0 Å². The number of nitrogens with zero attached hydrogens (tertiary/aromatic N) is 2. The van der Waals surface area contributed by atoms with E-state index in [1.807, 2.05) is 0 Å². The van der Waals surface area contributed by atoms with Gasteiger partial charge >= 0.3 is 5.69 Å². The predicted octanol–water partition coefficient (Wildman–Crippen LogP) is -2.77. The SMILES string of the molecule is NCCNc1ccn([C@@H]2O[C@H](CO)[C@@H](O)[C@H]2O)c(=O)n1. The molecule has 0 amide bonds. The molecule has 1 aliphatic rings. The van der Waals surface area contributed by atoms with E-state index in [1.54, 1.807) is 0 Å². The third kappa shape index (κ3) is 2.81. The zero-order chi connectivity index (χ0) is 14.7. The standard InChI is InChI=1S/C11H18N4O5/c12-2-3-13-7-1-4-15(11(19)14-7)10-9(18)8(17)6(5-16)20-10/h1,4,6,8-10,16-18H,2-3,5,12H2,(H,13,14,19)/t6-,8-,9-,10-/m1/s1. The highest BCUT2D eigenvalue weighted by Crippen LogP contribution is 2.27. The molecule has 1 saturated heterocycles. The molecule has 9 nitrogen and oxygen atoms in total. The number of nitrogens with two attached hydrogens (primary N) is 1. The Balaban J connectivity index is 2.19. The molecular formula is C11H18N4O5. The van der Waals surface area contributed by atoms with Crippen molar-refractivity contribution >= 4 is 5.82 Å². The Morgan fingerprint density at radius 2 is 2.20 bits per heavy atom. The molecule has 2 rings (SSSR count). The fourth-order valence-corrected chi connectivity index (χ4v) is 2.01. The molecule has 20 heavy (non-hydrogen) atoms. The minimum Gasteiger partial charge on any atom is -0.394 e. The van der Waals surface area contributed by atoms with Gasteiger partial charge in [-0.3, -0.25) is 4.57 Å². The third-order valence-electron chi connectivity index (χ3n) is 3.07. The molecule has 1 fully saturated rings. The summed E-state index contributed by atoms with van der Waals surface area (Å²) in [6.07, 6.45) is -3.18. The van der Waals surface area contributed by atoms with Gasteiger partial charge in [-0.25, -0.2) is 4.79 Å². The van der Waals surface area contributed by atoms with Crippen LogP contribution >= 0.6 is 0 Å². The number of nitrogens with one attached hydrogen (secondary N) is 1. The monoisotopic (exact) mass is 286 g/mol. The van der Waals surface area contributed by atoms with Crippen LogP contribution in [0.15, 0.2) is 17.1 Å². The average molecular weight is 286 g/mol. The maximum absolute atomic E-state index is 11.9. The lowest BCUT2D eigenvalue weighted by Crippen LogP contribution is -2.36. The maximum Gasteiger partial charge on any atom is 0.351 e.